The Morgan fingerprint density at radius 3 is 2.50 bits per heavy atom. The number of ether oxygens (including phenoxy) is 1. The van der Waals surface area contributed by atoms with Gasteiger partial charge in [0.15, 0.2) is 5.11 Å². The highest BCUT2D eigenvalue weighted by atomic mass is 32.1. The molecule has 0 bridgehead atoms. The van der Waals surface area contributed by atoms with E-state index in [1.807, 2.05) is 42.5 Å². The Morgan fingerprint density at radius 1 is 1.04 bits per heavy atom. The Hall–Kier alpha value is -2.44. The van der Waals surface area contributed by atoms with Crippen LogP contribution in [0.3, 0.4) is 0 Å². The molecule has 2 aromatic carbocycles. The molecule has 0 aliphatic rings. The van der Waals surface area contributed by atoms with Gasteiger partial charge in [-0.15, -0.1) is 0 Å². The van der Waals surface area contributed by atoms with Crippen molar-refractivity contribution in [1.82, 2.24) is 5.32 Å². The van der Waals surface area contributed by atoms with Crippen LogP contribution in [-0.2, 0) is 4.74 Å². The average Bonchev–Trinajstić information content (AvgIpc) is 2.59. The molecular weight excluding hydrogens is 322 g/mol. The van der Waals surface area contributed by atoms with Crippen molar-refractivity contribution >= 4 is 34.6 Å². The largest absolute Gasteiger partial charge is 0.385 e. The molecule has 0 aromatic heterocycles. The fourth-order valence-corrected chi connectivity index (χ4v) is 2.31. The zero-order valence-electron chi connectivity index (χ0n) is 13.5. The Balaban J connectivity index is 1.90. The van der Waals surface area contributed by atoms with Gasteiger partial charge in [-0.3, -0.25) is 4.79 Å². The van der Waals surface area contributed by atoms with E-state index in [1.165, 1.54) is 0 Å². The molecule has 5 nitrogen and oxygen atoms in total. The van der Waals surface area contributed by atoms with E-state index in [1.54, 1.807) is 19.2 Å². The average molecular weight is 343 g/mol. The lowest BCUT2D eigenvalue weighted by Crippen LogP contribution is -2.25. The molecule has 3 N–H and O–H groups in total. The molecule has 0 spiro atoms. The van der Waals surface area contributed by atoms with Crippen molar-refractivity contribution < 1.29 is 9.53 Å². The van der Waals surface area contributed by atoms with Gasteiger partial charge >= 0.3 is 0 Å². The van der Waals surface area contributed by atoms with Crippen molar-refractivity contribution in [3.05, 3.63) is 60.2 Å². The van der Waals surface area contributed by atoms with Gasteiger partial charge in [-0.05, 0) is 49.0 Å². The number of anilines is 2. The van der Waals surface area contributed by atoms with Gasteiger partial charge in [-0.2, -0.15) is 0 Å². The van der Waals surface area contributed by atoms with Crippen LogP contribution in [0, 0.1) is 0 Å². The van der Waals surface area contributed by atoms with Crippen molar-refractivity contribution in [2.45, 2.75) is 6.42 Å². The van der Waals surface area contributed by atoms with Crippen molar-refractivity contribution in [3.63, 3.8) is 0 Å². The van der Waals surface area contributed by atoms with Crippen molar-refractivity contribution in [1.29, 1.82) is 0 Å². The van der Waals surface area contributed by atoms with Crippen LogP contribution in [0.5, 0.6) is 0 Å². The lowest BCUT2D eigenvalue weighted by atomic mass is 10.2. The number of amides is 1. The molecule has 2 rings (SSSR count). The first-order chi connectivity index (χ1) is 11.7. The molecule has 126 valence electrons. The van der Waals surface area contributed by atoms with Crippen LogP contribution < -0.4 is 16.0 Å². The van der Waals surface area contributed by atoms with Gasteiger partial charge < -0.3 is 20.7 Å². The minimum absolute atomic E-state index is 0.114. The molecule has 0 saturated carbocycles. The lowest BCUT2D eigenvalue weighted by molar-refractivity contribution is 0.0948. The van der Waals surface area contributed by atoms with Gasteiger partial charge in [0.25, 0.3) is 5.91 Å². The van der Waals surface area contributed by atoms with Crippen LogP contribution in [0.4, 0.5) is 11.4 Å². The van der Waals surface area contributed by atoms with E-state index in [4.69, 9.17) is 17.0 Å². The standard InChI is InChI=1S/C18H21N3O2S/c1-23-12-6-11-19-17(22)14-7-5-10-16(13-14)21-18(24)20-15-8-3-2-4-9-15/h2-5,7-10,13H,6,11-12H2,1H3,(H,19,22)(H2,20,21,24). The molecule has 0 atom stereocenters. The van der Waals surface area contributed by atoms with Crippen molar-refractivity contribution in [3.8, 4) is 0 Å². The highest BCUT2D eigenvalue weighted by molar-refractivity contribution is 7.80. The van der Waals surface area contributed by atoms with Gasteiger partial charge in [0.2, 0.25) is 0 Å². The minimum atomic E-state index is -0.114. The Kier molecular flexibility index (Phi) is 7.20. The molecule has 0 unspecified atom stereocenters. The van der Waals surface area contributed by atoms with Crippen LogP contribution in [0.1, 0.15) is 16.8 Å². The van der Waals surface area contributed by atoms with E-state index < -0.39 is 0 Å². The smallest absolute Gasteiger partial charge is 0.251 e. The number of carbonyl (C=O) groups is 1. The Morgan fingerprint density at radius 2 is 1.75 bits per heavy atom. The number of nitrogens with one attached hydrogen (secondary N) is 3. The summed E-state index contributed by atoms with van der Waals surface area (Å²) in [7, 11) is 1.64. The summed E-state index contributed by atoms with van der Waals surface area (Å²) in [6.07, 6.45) is 0.783. The number of thiocarbonyl (C=S) groups is 1. The summed E-state index contributed by atoms with van der Waals surface area (Å²) < 4.78 is 4.96. The van der Waals surface area contributed by atoms with E-state index in [2.05, 4.69) is 16.0 Å². The number of benzene rings is 2. The quantitative estimate of drug-likeness (QED) is 0.532. The predicted octanol–water partition coefficient (Wildman–Crippen LogP) is 3.26. The summed E-state index contributed by atoms with van der Waals surface area (Å²) in [6.45, 7) is 1.21. The van der Waals surface area contributed by atoms with E-state index in [0.717, 1.165) is 17.8 Å². The number of hydrogen-bond acceptors (Lipinski definition) is 3. The lowest BCUT2D eigenvalue weighted by Gasteiger charge is -2.11. The second kappa shape index (κ2) is 9.64. The molecule has 0 radical (unpaired) electrons. The maximum Gasteiger partial charge on any atom is 0.251 e. The zero-order chi connectivity index (χ0) is 17.2. The Bertz CT molecular complexity index is 677. The number of rotatable bonds is 7. The number of methoxy groups -OCH3 is 1. The third-order valence-electron chi connectivity index (χ3n) is 3.23. The van der Waals surface area contributed by atoms with E-state index in [9.17, 15) is 4.79 Å². The van der Waals surface area contributed by atoms with Crippen LogP contribution in [0.25, 0.3) is 0 Å². The van der Waals surface area contributed by atoms with E-state index >= 15 is 0 Å². The van der Waals surface area contributed by atoms with Crippen molar-refractivity contribution in [2.75, 3.05) is 30.9 Å². The van der Waals surface area contributed by atoms with Gasteiger partial charge in [-0.1, -0.05) is 24.3 Å². The number of hydrogen-bond donors (Lipinski definition) is 3. The van der Waals surface area contributed by atoms with Crippen molar-refractivity contribution in [2.24, 2.45) is 0 Å². The Labute approximate surface area is 147 Å². The fourth-order valence-electron chi connectivity index (χ4n) is 2.07. The molecule has 24 heavy (non-hydrogen) atoms. The molecule has 0 aliphatic heterocycles. The third-order valence-corrected chi connectivity index (χ3v) is 3.43. The third kappa shape index (κ3) is 5.98. The normalized spacial score (nSPS) is 10.0. The fraction of sp³-hybridized carbons (Fsp3) is 0.222. The molecule has 0 fully saturated rings. The summed E-state index contributed by atoms with van der Waals surface area (Å²) in [4.78, 5) is 12.1. The molecular formula is C18H21N3O2S. The zero-order valence-corrected chi connectivity index (χ0v) is 14.4. The summed E-state index contributed by atoms with van der Waals surface area (Å²) in [5, 5.41) is 9.51. The van der Waals surface area contributed by atoms with Crippen LogP contribution in [-0.4, -0.2) is 31.3 Å². The molecule has 6 heteroatoms. The molecule has 0 aliphatic carbocycles. The maximum absolute atomic E-state index is 12.1. The topological polar surface area (TPSA) is 62.4 Å². The van der Waals surface area contributed by atoms with Crippen LogP contribution in [0.2, 0.25) is 0 Å². The number of carbonyl (C=O) groups excluding carboxylic acids is 1. The second-order valence-electron chi connectivity index (χ2n) is 5.13. The summed E-state index contributed by atoms with van der Waals surface area (Å²) >= 11 is 5.29. The first kappa shape index (κ1) is 17.9. The molecule has 2 aromatic rings. The van der Waals surface area contributed by atoms with Crippen LogP contribution >= 0.6 is 12.2 Å². The van der Waals surface area contributed by atoms with Gasteiger partial charge in [0.05, 0.1) is 0 Å². The van der Waals surface area contributed by atoms with E-state index in [-0.39, 0.29) is 5.91 Å². The summed E-state index contributed by atoms with van der Waals surface area (Å²) in [5.74, 6) is -0.114. The monoisotopic (exact) mass is 343 g/mol. The first-order valence-electron chi connectivity index (χ1n) is 7.69. The summed E-state index contributed by atoms with van der Waals surface area (Å²) in [6, 6.07) is 16.9. The molecule has 0 heterocycles. The van der Waals surface area contributed by atoms with Gasteiger partial charge in [-0.25, -0.2) is 0 Å². The predicted molar refractivity (Wildman–Crippen MR) is 102 cm³/mol. The summed E-state index contributed by atoms with van der Waals surface area (Å²) in [5.41, 5.74) is 2.25. The SMILES string of the molecule is COCCCNC(=O)c1cccc(NC(=S)Nc2ccccc2)c1. The van der Waals surface area contributed by atoms with Gasteiger partial charge in [0, 0.05) is 37.2 Å². The first-order valence-corrected chi connectivity index (χ1v) is 8.10. The maximum atomic E-state index is 12.1. The minimum Gasteiger partial charge on any atom is -0.385 e. The van der Waals surface area contributed by atoms with Crippen LogP contribution in [0.15, 0.2) is 54.6 Å². The second-order valence-corrected chi connectivity index (χ2v) is 5.54. The van der Waals surface area contributed by atoms with E-state index in [0.29, 0.717) is 23.8 Å². The van der Waals surface area contributed by atoms with Gasteiger partial charge in [0.1, 0.15) is 0 Å². The molecule has 0 saturated heterocycles. The highest BCUT2D eigenvalue weighted by Gasteiger charge is 2.06. The number of para-hydroxylation sites is 1. The molecule has 1 amide bonds. The highest BCUT2D eigenvalue weighted by Crippen LogP contribution is 2.12.